The van der Waals surface area contributed by atoms with Crippen LogP contribution in [0.2, 0.25) is 5.02 Å². The Hall–Kier alpha value is -3.31. The van der Waals surface area contributed by atoms with E-state index in [-0.39, 0.29) is 40.4 Å². The third kappa shape index (κ3) is 4.21. The van der Waals surface area contributed by atoms with Gasteiger partial charge in [-0.25, -0.2) is 8.42 Å². The first-order valence-corrected chi connectivity index (χ1v) is 11.4. The maximum absolute atomic E-state index is 13.0. The van der Waals surface area contributed by atoms with Crippen LogP contribution < -0.4 is 19.1 Å². The van der Waals surface area contributed by atoms with Gasteiger partial charge in [-0.05, 0) is 18.2 Å². The molecule has 0 fully saturated rings. The number of aryl methyl sites for hydroxylation is 1. The Kier molecular flexibility index (Phi) is 5.94. The van der Waals surface area contributed by atoms with Gasteiger partial charge in [-0.2, -0.15) is 4.98 Å². The van der Waals surface area contributed by atoms with Gasteiger partial charge in [0.15, 0.2) is 12.4 Å². The van der Waals surface area contributed by atoms with E-state index in [0.29, 0.717) is 29.6 Å². The number of halogens is 1. The first-order chi connectivity index (χ1) is 15.3. The summed E-state index contributed by atoms with van der Waals surface area (Å²) in [5.74, 6) is 0.953. The van der Waals surface area contributed by atoms with E-state index in [1.807, 2.05) is 6.92 Å². The third-order valence-corrected chi connectivity index (χ3v) is 6.54. The topological polar surface area (TPSA) is 124 Å². The van der Waals surface area contributed by atoms with E-state index in [2.05, 4.69) is 14.9 Å². The average Bonchev–Trinajstić information content (AvgIpc) is 3.23. The molecule has 4 rings (SSSR count). The van der Waals surface area contributed by atoms with Crippen molar-refractivity contribution in [1.29, 1.82) is 0 Å². The number of amides is 1. The van der Waals surface area contributed by atoms with Crippen LogP contribution in [0.4, 0.5) is 11.4 Å². The summed E-state index contributed by atoms with van der Waals surface area (Å²) in [5, 5.41) is 3.77. The Morgan fingerprint density at radius 3 is 2.78 bits per heavy atom. The number of fused-ring (bicyclic) bond motifs is 1. The van der Waals surface area contributed by atoms with E-state index in [9.17, 15) is 13.2 Å². The molecule has 2 heterocycles. The number of nitrogens with zero attached hydrogens (tertiary/aromatic N) is 3. The van der Waals surface area contributed by atoms with Crippen LogP contribution in [-0.2, 0) is 27.8 Å². The molecule has 1 N–H and O–H groups in total. The molecule has 3 aromatic rings. The summed E-state index contributed by atoms with van der Waals surface area (Å²) in [7, 11) is -2.65. The number of hydrogen-bond acceptors (Lipinski definition) is 8. The van der Waals surface area contributed by atoms with E-state index in [4.69, 9.17) is 25.6 Å². The van der Waals surface area contributed by atoms with Crippen molar-refractivity contribution in [2.45, 2.75) is 24.8 Å². The average molecular weight is 479 g/mol. The number of carbonyl (C=O) groups excluding carboxylic acids is 1. The summed E-state index contributed by atoms with van der Waals surface area (Å²) in [6.07, 6.45) is 0.562. The van der Waals surface area contributed by atoms with Crippen molar-refractivity contribution >= 4 is 38.9 Å². The zero-order valence-electron chi connectivity index (χ0n) is 17.2. The van der Waals surface area contributed by atoms with E-state index in [0.717, 1.165) is 0 Å². The maximum Gasteiger partial charge on any atom is 0.265 e. The number of para-hydroxylation sites is 2. The highest BCUT2D eigenvalue weighted by Crippen LogP contribution is 2.40. The summed E-state index contributed by atoms with van der Waals surface area (Å²) in [4.78, 5) is 17.9. The number of anilines is 2. The first-order valence-electron chi connectivity index (χ1n) is 9.56. The van der Waals surface area contributed by atoms with E-state index in [1.165, 1.54) is 24.1 Å². The highest BCUT2D eigenvalue weighted by Gasteiger charge is 2.31. The van der Waals surface area contributed by atoms with Crippen molar-refractivity contribution in [3.8, 4) is 11.5 Å². The fourth-order valence-corrected chi connectivity index (χ4v) is 4.76. The summed E-state index contributed by atoms with van der Waals surface area (Å²) >= 11 is 6.33. The van der Waals surface area contributed by atoms with E-state index >= 15 is 0 Å². The van der Waals surface area contributed by atoms with Crippen molar-refractivity contribution in [3.05, 3.63) is 53.1 Å². The van der Waals surface area contributed by atoms with Crippen LogP contribution in [0.1, 0.15) is 18.6 Å². The van der Waals surface area contributed by atoms with Crippen molar-refractivity contribution in [2.75, 3.05) is 23.3 Å². The highest BCUT2D eigenvalue weighted by molar-refractivity contribution is 7.92. The normalized spacial score (nSPS) is 13.5. The lowest BCUT2D eigenvalue weighted by atomic mass is 10.2. The quantitative estimate of drug-likeness (QED) is 0.549. The zero-order chi connectivity index (χ0) is 22.9. The molecule has 2 aromatic carbocycles. The van der Waals surface area contributed by atoms with Crippen molar-refractivity contribution in [2.24, 2.45) is 0 Å². The van der Waals surface area contributed by atoms with Crippen LogP contribution in [-0.4, -0.2) is 38.2 Å². The SMILES string of the molecule is CCc1nc(CN2C(=O)COc3cc(S(=O)(=O)Nc4ccccc4OC)c(Cl)cc32)no1. The Morgan fingerprint density at radius 1 is 1.28 bits per heavy atom. The molecule has 0 saturated heterocycles. The summed E-state index contributed by atoms with van der Waals surface area (Å²) in [5.41, 5.74) is 0.565. The molecule has 10 nitrogen and oxygen atoms in total. The number of benzene rings is 2. The molecule has 0 atom stereocenters. The minimum Gasteiger partial charge on any atom is -0.495 e. The second kappa shape index (κ2) is 8.67. The molecule has 0 radical (unpaired) electrons. The van der Waals surface area contributed by atoms with Crippen LogP contribution in [0.25, 0.3) is 0 Å². The number of sulfonamides is 1. The number of methoxy groups -OCH3 is 1. The molecule has 1 aromatic heterocycles. The van der Waals surface area contributed by atoms with Crippen molar-refractivity contribution in [1.82, 2.24) is 10.1 Å². The lowest BCUT2D eigenvalue weighted by molar-refractivity contribution is -0.121. The molecule has 0 aliphatic carbocycles. The van der Waals surface area contributed by atoms with Gasteiger partial charge in [0.05, 0.1) is 30.1 Å². The molecule has 12 heteroatoms. The van der Waals surface area contributed by atoms with Gasteiger partial charge in [0.1, 0.15) is 16.4 Å². The minimum atomic E-state index is -4.09. The van der Waals surface area contributed by atoms with Crippen LogP contribution in [0.15, 0.2) is 45.8 Å². The van der Waals surface area contributed by atoms with Gasteiger partial charge in [0.2, 0.25) is 5.89 Å². The molecule has 0 unspecified atom stereocenters. The van der Waals surface area contributed by atoms with Gasteiger partial charge in [0.25, 0.3) is 15.9 Å². The van der Waals surface area contributed by atoms with Gasteiger partial charge in [-0.3, -0.25) is 14.4 Å². The Balaban J connectivity index is 1.68. The largest absolute Gasteiger partial charge is 0.495 e. The molecule has 0 spiro atoms. The van der Waals surface area contributed by atoms with Gasteiger partial charge in [0, 0.05) is 12.5 Å². The van der Waals surface area contributed by atoms with Crippen LogP contribution in [0.3, 0.4) is 0 Å². The lowest BCUT2D eigenvalue weighted by Gasteiger charge is -2.29. The van der Waals surface area contributed by atoms with E-state index in [1.54, 1.807) is 24.3 Å². The molecule has 0 saturated carbocycles. The van der Waals surface area contributed by atoms with Gasteiger partial charge < -0.3 is 14.0 Å². The maximum atomic E-state index is 13.0. The predicted molar refractivity (Wildman–Crippen MR) is 116 cm³/mol. The molecule has 1 amide bonds. The summed E-state index contributed by atoms with van der Waals surface area (Å²) < 4.78 is 44.3. The number of rotatable bonds is 7. The molecule has 168 valence electrons. The summed E-state index contributed by atoms with van der Waals surface area (Å²) in [6, 6.07) is 9.22. The molecule has 32 heavy (non-hydrogen) atoms. The van der Waals surface area contributed by atoms with Gasteiger partial charge in [-0.1, -0.05) is 35.8 Å². The number of ether oxygens (including phenoxy) is 2. The second-order valence-corrected chi connectivity index (χ2v) is 8.84. The third-order valence-electron chi connectivity index (χ3n) is 4.71. The predicted octanol–water partition coefficient (Wildman–Crippen LogP) is 3.02. The van der Waals surface area contributed by atoms with Gasteiger partial charge >= 0.3 is 0 Å². The molecule has 1 aliphatic rings. The van der Waals surface area contributed by atoms with Crippen molar-refractivity contribution < 1.29 is 27.2 Å². The Morgan fingerprint density at radius 2 is 2.06 bits per heavy atom. The Bertz CT molecular complexity index is 1280. The number of aromatic nitrogens is 2. The van der Waals surface area contributed by atoms with Gasteiger partial charge in [-0.15, -0.1) is 0 Å². The lowest BCUT2D eigenvalue weighted by Crippen LogP contribution is -2.38. The number of carbonyl (C=O) groups is 1. The molecule has 1 aliphatic heterocycles. The highest BCUT2D eigenvalue weighted by atomic mass is 35.5. The molecular weight excluding hydrogens is 460 g/mol. The standard InChI is InChI=1S/C20H19ClN4O6S/c1-3-19-22-18(23-31-19)10-25-14-8-12(21)17(9-16(14)30-11-20(25)26)32(27,28)24-13-6-4-5-7-15(13)29-2/h4-9,24H,3,10-11H2,1-2H3. The fourth-order valence-electron chi connectivity index (χ4n) is 3.15. The Labute approximate surface area is 189 Å². The van der Waals surface area contributed by atoms with Crippen LogP contribution >= 0.6 is 11.6 Å². The monoisotopic (exact) mass is 478 g/mol. The molecular formula is C20H19ClN4O6S. The van der Waals surface area contributed by atoms with Crippen molar-refractivity contribution in [3.63, 3.8) is 0 Å². The zero-order valence-corrected chi connectivity index (χ0v) is 18.7. The van der Waals surface area contributed by atoms with E-state index < -0.39 is 10.0 Å². The van der Waals surface area contributed by atoms with Crippen LogP contribution in [0, 0.1) is 0 Å². The first kappa shape index (κ1) is 21.9. The number of hydrogen-bond donors (Lipinski definition) is 1. The van der Waals surface area contributed by atoms with Crippen LogP contribution in [0.5, 0.6) is 11.5 Å². The fraction of sp³-hybridized carbons (Fsp3) is 0.250. The molecule has 0 bridgehead atoms. The number of nitrogens with one attached hydrogen (secondary N) is 1. The summed E-state index contributed by atoms with van der Waals surface area (Å²) in [6.45, 7) is 1.63. The minimum absolute atomic E-state index is 0.0284. The second-order valence-electron chi connectivity index (χ2n) is 6.78. The smallest absolute Gasteiger partial charge is 0.265 e.